The van der Waals surface area contributed by atoms with Crippen molar-refractivity contribution < 1.29 is 9.47 Å². The van der Waals surface area contributed by atoms with Gasteiger partial charge in [0.2, 0.25) is 0 Å². The molecule has 4 nitrogen and oxygen atoms in total. The van der Waals surface area contributed by atoms with E-state index >= 15 is 0 Å². The summed E-state index contributed by atoms with van der Waals surface area (Å²) in [5.41, 5.74) is 8.25. The molecule has 4 heteroatoms. The fourth-order valence-corrected chi connectivity index (χ4v) is 3.15. The summed E-state index contributed by atoms with van der Waals surface area (Å²) in [4.78, 5) is 2.31. The molecule has 0 saturated carbocycles. The molecule has 2 N–H and O–H groups in total. The molecule has 2 aliphatic rings. The third-order valence-corrected chi connectivity index (χ3v) is 4.05. The molecule has 2 heterocycles. The van der Waals surface area contributed by atoms with Gasteiger partial charge in [-0.1, -0.05) is 24.3 Å². The largest absolute Gasteiger partial charge is 0.453 e. The van der Waals surface area contributed by atoms with Gasteiger partial charge in [0.25, 0.3) is 0 Å². The zero-order valence-electron chi connectivity index (χ0n) is 11.7. The molecule has 1 fully saturated rings. The van der Waals surface area contributed by atoms with E-state index in [2.05, 4.69) is 17.0 Å². The molecule has 2 unspecified atom stereocenters. The number of nitrogens with two attached hydrogens (primary N) is 1. The molecule has 2 aromatic rings. The second kappa shape index (κ2) is 5.06. The van der Waals surface area contributed by atoms with Crippen molar-refractivity contribution >= 4 is 11.4 Å². The van der Waals surface area contributed by atoms with Crippen LogP contribution in [0.25, 0.3) is 0 Å². The van der Waals surface area contributed by atoms with Crippen molar-refractivity contribution in [2.45, 2.75) is 18.5 Å². The summed E-state index contributed by atoms with van der Waals surface area (Å²) in [5, 5.41) is 0. The van der Waals surface area contributed by atoms with Crippen LogP contribution in [0.3, 0.4) is 0 Å². The van der Waals surface area contributed by atoms with E-state index in [0.717, 1.165) is 29.3 Å². The second-order valence-corrected chi connectivity index (χ2v) is 5.59. The number of ether oxygens (including phenoxy) is 2. The van der Waals surface area contributed by atoms with Gasteiger partial charge in [0.1, 0.15) is 0 Å². The highest BCUT2D eigenvalue weighted by Crippen LogP contribution is 2.47. The van der Waals surface area contributed by atoms with Gasteiger partial charge in [-0.05, 0) is 30.7 Å². The zero-order valence-corrected chi connectivity index (χ0v) is 11.7. The monoisotopic (exact) mass is 282 g/mol. The van der Waals surface area contributed by atoms with Crippen LogP contribution in [0.5, 0.6) is 11.5 Å². The fraction of sp³-hybridized carbons (Fsp3) is 0.294. The Hall–Kier alpha value is -2.04. The molecule has 0 radical (unpaired) electrons. The first-order valence-corrected chi connectivity index (χ1v) is 7.31. The van der Waals surface area contributed by atoms with Crippen LogP contribution in [0.1, 0.15) is 6.42 Å². The SMILES string of the molecule is NC1COCC(N2c3ccccc3Oc3ccccc32)C1. The normalized spacial score (nSPS) is 24.0. The predicted molar refractivity (Wildman–Crippen MR) is 82.3 cm³/mol. The van der Waals surface area contributed by atoms with Crippen LogP contribution in [-0.4, -0.2) is 25.3 Å². The van der Waals surface area contributed by atoms with Crippen molar-refractivity contribution in [1.29, 1.82) is 0 Å². The van der Waals surface area contributed by atoms with Gasteiger partial charge in [-0.2, -0.15) is 0 Å². The molecule has 21 heavy (non-hydrogen) atoms. The number of hydrogen-bond acceptors (Lipinski definition) is 4. The number of fused-ring (bicyclic) bond motifs is 2. The first kappa shape index (κ1) is 12.7. The van der Waals surface area contributed by atoms with Crippen molar-refractivity contribution in [2.24, 2.45) is 5.73 Å². The van der Waals surface area contributed by atoms with Gasteiger partial charge in [-0.15, -0.1) is 0 Å². The van der Waals surface area contributed by atoms with Crippen molar-refractivity contribution in [3.8, 4) is 11.5 Å². The van der Waals surface area contributed by atoms with Crippen molar-refractivity contribution in [2.75, 3.05) is 18.1 Å². The molecule has 0 aromatic heterocycles. The Balaban J connectivity index is 1.81. The molecule has 108 valence electrons. The Bertz CT molecular complexity index is 613. The van der Waals surface area contributed by atoms with E-state index in [0.29, 0.717) is 13.2 Å². The van der Waals surface area contributed by atoms with E-state index in [-0.39, 0.29) is 12.1 Å². The number of hydrogen-bond donors (Lipinski definition) is 1. The van der Waals surface area contributed by atoms with E-state index in [4.69, 9.17) is 15.2 Å². The summed E-state index contributed by atoms with van der Waals surface area (Å²) in [7, 11) is 0. The maximum Gasteiger partial charge on any atom is 0.151 e. The minimum Gasteiger partial charge on any atom is -0.453 e. The van der Waals surface area contributed by atoms with Crippen LogP contribution in [0.15, 0.2) is 48.5 Å². The molecule has 0 bridgehead atoms. The number of nitrogens with zero attached hydrogens (tertiary/aromatic N) is 1. The topological polar surface area (TPSA) is 47.7 Å². The van der Waals surface area contributed by atoms with Gasteiger partial charge in [0, 0.05) is 6.04 Å². The summed E-state index contributed by atoms with van der Waals surface area (Å²) in [6.45, 7) is 1.33. The van der Waals surface area contributed by atoms with Gasteiger partial charge in [-0.25, -0.2) is 0 Å². The third kappa shape index (κ3) is 2.17. The number of anilines is 2. The highest BCUT2D eigenvalue weighted by atomic mass is 16.5. The highest BCUT2D eigenvalue weighted by Gasteiger charge is 2.32. The van der Waals surface area contributed by atoms with Crippen LogP contribution in [0, 0.1) is 0 Å². The number of benzene rings is 2. The Morgan fingerprint density at radius 2 is 1.52 bits per heavy atom. The number of para-hydroxylation sites is 4. The summed E-state index contributed by atoms with van der Waals surface area (Å²) in [5.74, 6) is 1.77. The van der Waals surface area contributed by atoms with E-state index in [1.165, 1.54) is 0 Å². The smallest absolute Gasteiger partial charge is 0.151 e. The standard InChI is InChI=1S/C17H18N2O2/c18-12-9-13(11-20-10-12)19-14-5-1-3-7-16(14)21-17-8-4-2-6-15(17)19/h1-8,12-13H,9-11,18H2. The van der Waals surface area contributed by atoms with Crippen LogP contribution in [0.2, 0.25) is 0 Å². The lowest BCUT2D eigenvalue weighted by atomic mass is 10.0. The van der Waals surface area contributed by atoms with Crippen molar-refractivity contribution in [3.05, 3.63) is 48.5 Å². The average molecular weight is 282 g/mol. The predicted octanol–water partition coefficient (Wildman–Crippen LogP) is 3.05. The van der Waals surface area contributed by atoms with Gasteiger partial charge in [0.15, 0.2) is 11.5 Å². The van der Waals surface area contributed by atoms with Gasteiger partial charge in [0.05, 0.1) is 30.6 Å². The third-order valence-electron chi connectivity index (χ3n) is 4.05. The molecule has 2 atom stereocenters. The highest BCUT2D eigenvalue weighted by molar-refractivity contribution is 5.78. The minimum atomic E-state index is 0.0888. The van der Waals surface area contributed by atoms with Gasteiger partial charge in [-0.3, -0.25) is 0 Å². The molecule has 4 rings (SSSR count). The Labute approximate surface area is 124 Å². The van der Waals surface area contributed by atoms with Crippen molar-refractivity contribution in [3.63, 3.8) is 0 Å². The van der Waals surface area contributed by atoms with Gasteiger partial charge < -0.3 is 20.1 Å². The molecule has 0 aliphatic carbocycles. The summed E-state index contributed by atoms with van der Waals surface area (Å²) < 4.78 is 11.7. The number of rotatable bonds is 1. The van der Waals surface area contributed by atoms with E-state index < -0.39 is 0 Å². The fourth-order valence-electron chi connectivity index (χ4n) is 3.15. The van der Waals surface area contributed by atoms with Crippen molar-refractivity contribution in [1.82, 2.24) is 0 Å². The molecule has 0 spiro atoms. The van der Waals surface area contributed by atoms with E-state index in [1.54, 1.807) is 0 Å². The average Bonchev–Trinajstić information content (AvgIpc) is 2.52. The lowest BCUT2D eigenvalue weighted by Gasteiger charge is -2.41. The molecule has 2 aromatic carbocycles. The van der Waals surface area contributed by atoms with Crippen LogP contribution in [0.4, 0.5) is 11.4 Å². The minimum absolute atomic E-state index is 0.0888. The quantitative estimate of drug-likeness (QED) is 0.873. The van der Waals surface area contributed by atoms with Crippen LogP contribution in [-0.2, 0) is 4.74 Å². The second-order valence-electron chi connectivity index (χ2n) is 5.59. The summed E-state index contributed by atoms with van der Waals surface area (Å²) in [6, 6.07) is 16.6. The summed E-state index contributed by atoms with van der Waals surface area (Å²) >= 11 is 0. The van der Waals surface area contributed by atoms with E-state index in [1.807, 2.05) is 36.4 Å². The van der Waals surface area contributed by atoms with Crippen LogP contribution < -0.4 is 15.4 Å². The Morgan fingerprint density at radius 3 is 2.14 bits per heavy atom. The van der Waals surface area contributed by atoms with Crippen LogP contribution >= 0.6 is 0 Å². The molecular formula is C17H18N2O2. The first-order chi connectivity index (χ1) is 10.3. The molecule has 1 saturated heterocycles. The maximum atomic E-state index is 6.09. The van der Waals surface area contributed by atoms with E-state index in [9.17, 15) is 0 Å². The Morgan fingerprint density at radius 1 is 0.905 bits per heavy atom. The summed E-state index contributed by atoms with van der Waals surface area (Å²) in [6.07, 6.45) is 0.919. The molecule has 2 aliphatic heterocycles. The van der Waals surface area contributed by atoms with Gasteiger partial charge >= 0.3 is 0 Å². The molecule has 0 amide bonds. The lowest BCUT2D eigenvalue weighted by Crippen LogP contribution is -2.47. The first-order valence-electron chi connectivity index (χ1n) is 7.31. The maximum absolute atomic E-state index is 6.09. The Kier molecular flexibility index (Phi) is 3.05. The molecular weight excluding hydrogens is 264 g/mol. The lowest BCUT2D eigenvalue weighted by molar-refractivity contribution is 0.0675. The zero-order chi connectivity index (χ0) is 14.2.